The first-order valence-corrected chi connectivity index (χ1v) is 7.52. The number of rotatable bonds is 7. The van der Waals surface area contributed by atoms with Gasteiger partial charge in [-0.1, -0.05) is 17.7 Å². The summed E-state index contributed by atoms with van der Waals surface area (Å²) in [6.07, 6.45) is 3.46. The zero-order valence-corrected chi connectivity index (χ0v) is 15.2. The molecule has 1 saturated carbocycles. The summed E-state index contributed by atoms with van der Waals surface area (Å²) >= 11 is 0. The highest BCUT2D eigenvalue weighted by atomic mass is 127. The Morgan fingerprint density at radius 2 is 2.00 bits per heavy atom. The minimum atomic E-state index is 0. The average molecular weight is 403 g/mol. The normalized spacial score (nSPS) is 14.3. The quantitative estimate of drug-likeness (QED) is 0.318. The fourth-order valence-electron chi connectivity index (χ4n) is 1.82. The minimum absolute atomic E-state index is 0. The predicted octanol–water partition coefficient (Wildman–Crippen LogP) is 3.10. The Morgan fingerprint density at radius 3 is 2.62 bits per heavy atom. The van der Waals surface area contributed by atoms with Gasteiger partial charge in [0.15, 0.2) is 5.96 Å². The number of halogens is 1. The van der Waals surface area contributed by atoms with E-state index in [2.05, 4.69) is 41.6 Å². The maximum absolute atomic E-state index is 5.69. The first-order valence-electron chi connectivity index (χ1n) is 7.52. The highest BCUT2D eigenvalue weighted by Crippen LogP contribution is 2.18. The van der Waals surface area contributed by atoms with Gasteiger partial charge >= 0.3 is 0 Å². The third-order valence-electron chi connectivity index (χ3n) is 3.12. The minimum Gasteiger partial charge on any atom is -0.494 e. The molecule has 0 atom stereocenters. The number of nitrogens with zero attached hydrogens (tertiary/aromatic N) is 1. The van der Waals surface area contributed by atoms with E-state index in [-0.39, 0.29) is 24.0 Å². The molecule has 1 aromatic rings. The Morgan fingerprint density at radius 1 is 1.29 bits per heavy atom. The van der Waals surface area contributed by atoms with Crippen molar-refractivity contribution in [1.29, 1.82) is 0 Å². The summed E-state index contributed by atoms with van der Waals surface area (Å²) in [5, 5.41) is 6.67. The lowest BCUT2D eigenvalue weighted by atomic mass is 10.2. The number of hydrogen-bond acceptors (Lipinski definition) is 2. The van der Waals surface area contributed by atoms with Gasteiger partial charge in [-0.05, 0) is 38.8 Å². The SMILES string of the molecule is CCNC(=NCCCOc1ccc(C)cc1)NC1CC1.I. The molecule has 0 unspecified atom stereocenters. The second-order valence-corrected chi connectivity index (χ2v) is 5.19. The molecular formula is C16H26IN3O. The molecule has 0 saturated heterocycles. The largest absolute Gasteiger partial charge is 0.494 e. The molecule has 1 aromatic carbocycles. The number of hydrogen-bond donors (Lipinski definition) is 2. The van der Waals surface area contributed by atoms with Gasteiger partial charge in [-0.25, -0.2) is 0 Å². The zero-order valence-electron chi connectivity index (χ0n) is 12.9. The molecule has 1 aliphatic carbocycles. The number of ether oxygens (including phenoxy) is 1. The molecule has 0 radical (unpaired) electrons. The van der Waals surface area contributed by atoms with Gasteiger partial charge in [0, 0.05) is 25.6 Å². The van der Waals surface area contributed by atoms with Crippen LogP contribution in [0.5, 0.6) is 5.75 Å². The monoisotopic (exact) mass is 403 g/mol. The molecule has 5 heteroatoms. The number of benzene rings is 1. The lowest BCUT2D eigenvalue weighted by Crippen LogP contribution is -2.38. The van der Waals surface area contributed by atoms with Crippen LogP contribution < -0.4 is 15.4 Å². The summed E-state index contributed by atoms with van der Waals surface area (Å²) in [4.78, 5) is 4.55. The third kappa shape index (κ3) is 7.55. The van der Waals surface area contributed by atoms with E-state index in [0.717, 1.165) is 31.2 Å². The van der Waals surface area contributed by atoms with Crippen LogP contribution in [0, 0.1) is 6.92 Å². The molecular weight excluding hydrogens is 377 g/mol. The van der Waals surface area contributed by atoms with Crippen LogP contribution in [0.15, 0.2) is 29.3 Å². The summed E-state index contributed by atoms with van der Waals surface area (Å²) in [6, 6.07) is 8.79. The fourth-order valence-corrected chi connectivity index (χ4v) is 1.82. The highest BCUT2D eigenvalue weighted by molar-refractivity contribution is 14.0. The van der Waals surface area contributed by atoms with Crippen molar-refractivity contribution in [3.05, 3.63) is 29.8 Å². The van der Waals surface area contributed by atoms with Gasteiger partial charge in [0.05, 0.1) is 6.61 Å². The molecule has 0 aromatic heterocycles. The molecule has 2 N–H and O–H groups in total. The lowest BCUT2D eigenvalue weighted by molar-refractivity contribution is 0.313. The van der Waals surface area contributed by atoms with Crippen molar-refractivity contribution >= 4 is 29.9 Å². The number of guanidine groups is 1. The smallest absolute Gasteiger partial charge is 0.191 e. The molecule has 0 spiro atoms. The Labute approximate surface area is 144 Å². The Bertz CT molecular complexity index is 430. The lowest BCUT2D eigenvalue weighted by Gasteiger charge is -2.10. The van der Waals surface area contributed by atoms with Crippen molar-refractivity contribution in [2.75, 3.05) is 19.7 Å². The maximum Gasteiger partial charge on any atom is 0.191 e. The molecule has 0 aliphatic heterocycles. The molecule has 21 heavy (non-hydrogen) atoms. The first-order chi connectivity index (χ1) is 9.78. The van der Waals surface area contributed by atoms with Gasteiger partial charge in [-0.3, -0.25) is 4.99 Å². The van der Waals surface area contributed by atoms with Crippen molar-refractivity contribution in [3.63, 3.8) is 0 Å². The van der Waals surface area contributed by atoms with Crippen molar-refractivity contribution in [1.82, 2.24) is 10.6 Å². The van der Waals surface area contributed by atoms with Crippen molar-refractivity contribution < 1.29 is 4.74 Å². The van der Waals surface area contributed by atoms with E-state index in [9.17, 15) is 0 Å². The second kappa shape index (κ2) is 9.87. The van der Waals surface area contributed by atoms with Gasteiger partial charge in [0.1, 0.15) is 5.75 Å². The van der Waals surface area contributed by atoms with Crippen molar-refractivity contribution in [2.45, 2.75) is 39.2 Å². The van der Waals surface area contributed by atoms with E-state index in [4.69, 9.17) is 4.74 Å². The standard InChI is InChI=1S/C16H25N3O.HI/c1-3-17-16(19-14-7-8-14)18-11-4-12-20-15-9-5-13(2)6-10-15;/h5-6,9-10,14H,3-4,7-8,11-12H2,1-2H3,(H2,17,18,19);1H. The van der Waals surface area contributed by atoms with E-state index in [1.807, 2.05) is 12.1 Å². The number of aliphatic imine (C=N–C) groups is 1. The van der Waals surface area contributed by atoms with Crippen molar-refractivity contribution in [3.8, 4) is 5.75 Å². The van der Waals surface area contributed by atoms with E-state index in [0.29, 0.717) is 12.6 Å². The summed E-state index contributed by atoms with van der Waals surface area (Å²) < 4.78 is 5.69. The fraction of sp³-hybridized carbons (Fsp3) is 0.562. The van der Waals surface area contributed by atoms with E-state index in [1.165, 1.54) is 18.4 Å². The summed E-state index contributed by atoms with van der Waals surface area (Å²) in [6.45, 7) is 6.56. The molecule has 1 fully saturated rings. The topological polar surface area (TPSA) is 45.7 Å². The molecule has 0 amide bonds. The second-order valence-electron chi connectivity index (χ2n) is 5.19. The van der Waals surface area contributed by atoms with Crippen LogP contribution in [0.4, 0.5) is 0 Å². The Hall–Kier alpha value is -0.980. The van der Waals surface area contributed by atoms with Crippen LogP contribution in [-0.4, -0.2) is 31.7 Å². The van der Waals surface area contributed by atoms with Crippen LogP contribution in [0.2, 0.25) is 0 Å². The highest BCUT2D eigenvalue weighted by Gasteiger charge is 2.21. The Balaban J connectivity index is 0.00000220. The molecule has 118 valence electrons. The number of aryl methyl sites for hydroxylation is 1. The van der Waals surface area contributed by atoms with Crippen LogP contribution >= 0.6 is 24.0 Å². The van der Waals surface area contributed by atoms with Crippen LogP contribution in [0.25, 0.3) is 0 Å². The maximum atomic E-state index is 5.69. The predicted molar refractivity (Wildman–Crippen MR) is 98.8 cm³/mol. The van der Waals surface area contributed by atoms with Gasteiger partial charge in [-0.2, -0.15) is 0 Å². The van der Waals surface area contributed by atoms with Crippen LogP contribution in [0.3, 0.4) is 0 Å². The molecule has 1 aliphatic rings. The van der Waals surface area contributed by atoms with Gasteiger partial charge in [0.2, 0.25) is 0 Å². The van der Waals surface area contributed by atoms with Gasteiger partial charge in [-0.15, -0.1) is 24.0 Å². The molecule has 0 bridgehead atoms. The third-order valence-corrected chi connectivity index (χ3v) is 3.12. The molecule has 4 nitrogen and oxygen atoms in total. The number of nitrogens with one attached hydrogen (secondary N) is 2. The van der Waals surface area contributed by atoms with Crippen LogP contribution in [-0.2, 0) is 0 Å². The van der Waals surface area contributed by atoms with Crippen molar-refractivity contribution in [2.24, 2.45) is 4.99 Å². The van der Waals surface area contributed by atoms with E-state index >= 15 is 0 Å². The van der Waals surface area contributed by atoms with Gasteiger partial charge in [0.25, 0.3) is 0 Å². The first kappa shape index (κ1) is 18.1. The summed E-state index contributed by atoms with van der Waals surface area (Å²) in [5.74, 6) is 1.87. The van der Waals surface area contributed by atoms with Gasteiger partial charge < -0.3 is 15.4 Å². The molecule has 0 heterocycles. The zero-order chi connectivity index (χ0) is 14.2. The van der Waals surface area contributed by atoms with E-state index < -0.39 is 0 Å². The summed E-state index contributed by atoms with van der Waals surface area (Å²) in [5.41, 5.74) is 1.25. The molecule has 2 rings (SSSR count). The van der Waals surface area contributed by atoms with Crippen LogP contribution in [0.1, 0.15) is 31.7 Å². The average Bonchev–Trinajstić information content (AvgIpc) is 3.24. The summed E-state index contributed by atoms with van der Waals surface area (Å²) in [7, 11) is 0. The Kier molecular flexibility index (Phi) is 8.49. The van der Waals surface area contributed by atoms with E-state index in [1.54, 1.807) is 0 Å².